The maximum atomic E-state index is 12.2. The molecular weight excluding hydrogens is 375 g/mol. The lowest BCUT2D eigenvalue weighted by Crippen LogP contribution is -2.42. The van der Waals surface area contributed by atoms with Crippen molar-refractivity contribution in [1.29, 1.82) is 0 Å². The molecule has 0 saturated carbocycles. The van der Waals surface area contributed by atoms with Crippen LogP contribution in [0.4, 0.5) is 4.79 Å². The molecule has 0 aliphatic rings. The molecule has 0 saturated heterocycles. The molecule has 0 aromatic carbocycles. The maximum Gasteiger partial charge on any atom is 0.421 e. The lowest BCUT2D eigenvalue weighted by molar-refractivity contribution is 0.158. The van der Waals surface area contributed by atoms with Gasteiger partial charge in [0.25, 0.3) is 0 Å². The van der Waals surface area contributed by atoms with Crippen LogP contribution in [0.25, 0.3) is 0 Å². The molecule has 0 aromatic heterocycles. The molecule has 0 rings (SSSR count). The van der Waals surface area contributed by atoms with E-state index in [4.69, 9.17) is 13.8 Å². The first kappa shape index (κ1) is 23.5. The summed E-state index contributed by atoms with van der Waals surface area (Å²) in [5.74, 6) is 0. The quantitative estimate of drug-likeness (QED) is 0.378. The number of nitrogens with one attached hydrogen (secondary N) is 2. The highest BCUT2D eigenvalue weighted by Gasteiger charge is 2.24. The Morgan fingerprint density at radius 2 is 1.67 bits per heavy atom. The number of hydrogen-bond acceptors (Lipinski definition) is 7. The van der Waals surface area contributed by atoms with E-state index in [1.54, 1.807) is 18.6 Å². The van der Waals surface area contributed by atoms with E-state index in [-0.39, 0.29) is 32.5 Å². The van der Waals surface area contributed by atoms with Crippen LogP contribution >= 0.6 is 7.60 Å². The second-order valence-corrected chi connectivity index (χ2v) is 15.4. The van der Waals surface area contributed by atoms with Gasteiger partial charge in [-0.15, -0.1) is 0 Å². The molecule has 24 heavy (non-hydrogen) atoms. The molecule has 9 nitrogen and oxygen atoms in total. The largest absolute Gasteiger partial charge is 0.449 e. The number of rotatable bonds is 12. The molecule has 12 heteroatoms. The summed E-state index contributed by atoms with van der Waals surface area (Å²) in [6.07, 6.45) is -1.18. The van der Waals surface area contributed by atoms with Crippen molar-refractivity contribution in [3.8, 4) is 0 Å². The van der Waals surface area contributed by atoms with E-state index in [2.05, 4.69) is 24.4 Å². The zero-order chi connectivity index (χ0) is 18.9. The summed E-state index contributed by atoms with van der Waals surface area (Å²) in [6.45, 7) is 10.00. The average molecular weight is 404 g/mol. The van der Waals surface area contributed by atoms with Gasteiger partial charge in [0.15, 0.2) is 0 Å². The molecule has 1 amide bonds. The first-order chi connectivity index (χ1) is 10.9. The van der Waals surface area contributed by atoms with Crippen molar-refractivity contribution in [1.82, 2.24) is 9.44 Å². The first-order valence-corrected chi connectivity index (χ1v) is 14.7. The maximum absolute atomic E-state index is 12.2. The number of carbonyl (C=O) groups is 1. The lowest BCUT2D eigenvalue weighted by atomic mass is 10.8. The molecule has 2 N–H and O–H groups in total. The Kier molecular flexibility index (Phi) is 10.3. The fourth-order valence-electron chi connectivity index (χ4n) is 1.50. The van der Waals surface area contributed by atoms with E-state index in [1.165, 1.54) is 0 Å². The molecule has 0 atom stereocenters. The molecule has 0 aromatic rings. The minimum Gasteiger partial charge on any atom is -0.449 e. The number of hydrogen-bond donors (Lipinski definition) is 2. The third-order valence-corrected chi connectivity index (χ3v) is 7.43. The Morgan fingerprint density at radius 3 is 2.12 bits per heavy atom. The van der Waals surface area contributed by atoms with Crippen molar-refractivity contribution in [2.24, 2.45) is 0 Å². The van der Waals surface area contributed by atoms with Crippen molar-refractivity contribution >= 4 is 32.0 Å². The van der Waals surface area contributed by atoms with Gasteiger partial charge in [0.05, 0.1) is 26.0 Å². The second kappa shape index (κ2) is 10.5. The van der Waals surface area contributed by atoms with Crippen LogP contribution < -0.4 is 9.44 Å². The summed E-state index contributed by atoms with van der Waals surface area (Å²) in [7, 11) is -8.81. The number of carbonyl (C=O) groups excluding carboxylic acids is 1. The van der Waals surface area contributed by atoms with E-state index in [0.717, 1.165) is 6.04 Å². The van der Waals surface area contributed by atoms with Crippen LogP contribution in [0.3, 0.4) is 0 Å². The molecule has 0 unspecified atom stereocenters. The number of ether oxygens (including phenoxy) is 1. The van der Waals surface area contributed by atoms with Crippen LogP contribution in [0.5, 0.6) is 0 Å². The van der Waals surface area contributed by atoms with Gasteiger partial charge in [-0.1, -0.05) is 19.6 Å². The zero-order valence-corrected chi connectivity index (χ0v) is 17.7. The van der Waals surface area contributed by atoms with Crippen LogP contribution in [0.15, 0.2) is 0 Å². The second-order valence-electron chi connectivity index (χ2n) is 6.12. The van der Waals surface area contributed by atoms with Crippen molar-refractivity contribution in [3.05, 3.63) is 0 Å². The van der Waals surface area contributed by atoms with Crippen molar-refractivity contribution < 1.29 is 31.6 Å². The van der Waals surface area contributed by atoms with E-state index in [1.807, 2.05) is 0 Å². The Hall–Kier alpha value is -0.453. The van der Waals surface area contributed by atoms with Crippen LogP contribution in [0, 0.1) is 0 Å². The van der Waals surface area contributed by atoms with Crippen LogP contribution in [0.1, 0.15) is 13.8 Å². The highest BCUT2D eigenvalue weighted by atomic mass is 32.2. The summed E-state index contributed by atoms with van der Waals surface area (Å²) < 4.78 is 54.4. The van der Waals surface area contributed by atoms with Gasteiger partial charge in [-0.25, -0.2) is 9.52 Å². The lowest BCUT2D eigenvalue weighted by Gasteiger charge is -2.17. The highest BCUT2D eigenvalue weighted by Crippen LogP contribution is 2.47. The van der Waals surface area contributed by atoms with Gasteiger partial charge in [-0.3, -0.25) is 4.57 Å². The molecule has 0 spiro atoms. The van der Waals surface area contributed by atoms with E-state index in [9.17, 15) is 17.8 Å². The van der Waals surface area contributed by atoms with Crippen molar-refractivity contribution in [2.45, 2.75) is 39.5 Å². The molecule has 0 radical (unpaired) electrons. The van der Waals surface area contributed by atoms with Gasteiger partial charge < -0.3 is 13.8 Å². The minimum atomic E-state index is -4.09. The smallest absolute Gasteiger partial charge is 0.421 e. The third-order valence-electron chi connectivity index (χ3n) is 2.63. The van der Waals surface area contributed by atoms with Crippen molar-refractivity contribution in [3.63, 3.8) is 0 Å². The van der Waals surface area contributed by atoms with Crippen molar-refractivity contribution in [2.75, 3.05) is 32.5 Å². The number of amides is 1. The first-order valence-electron chi connectivity index (χ1n) is 7.75. The zero-order valence-electron chi connectivity index (χ0n) is 15.0. The van der Waals surface area contributed by atoms with Gasteiger partial charge in [0, 0.05) is 14.6 Å². The molecular formula is C12H29N2O7PSSi. The molecule has 0 heterocycles. The fourth-order valence-corrected chi connectivity index (χ4v) is 4.59. The van der Waals surface area contributed by atoms with Gasteiger partial charge in [-0.05, 0) is 19.9 Å². The summed E-state index contributed by atoms with van der Waals surface area (Å²) in [4.78, 5) is 11.5. The molecule has 144 valence electrons. The molecule has 0 fully saturated rings. The predicted octanol–water partition coefficient (Wildman–Crippen LogP) is 2.15. The van der Waals surface area contributed by atoms with E-state index < -0.39 is 32.0 Å². The molecule has 0 bridgehead atoms. The highest BCUT2D eigenvalue weighted by molar-refractivity contribution is 7.88. The SMILES string of the molecule is CCOP(=O)(CCNS(=O)(=O)NC(=O)OCC[Si](C)(C)C)OCC. The van der Waals surface area contributed by atoms with Gasteiger partial charge in [-0.2, -0.15) is 13.1 Å². The summed E-state index contributed by atoms with van der Waals surface area (Å²) in [5.41, 5.74) is 0. The van der Waals surface area contributed by atoms with E-state index in [0.29, 0.717) is 0 Å². The van der Waals surface area contributed by atoms with Crippen LogP contribution in [0.2, 0.25) is 25.7 Å². The topological polar surface area (TPSA) is 120 Å². The van der Waals surface area contributed by atoms with Crippen LogP contribution in [-0.4, -0.2) is 55.1 Å². The summed E-state index contributed by atoms with van der Waals surface area (Å²) >= 11 is 0. The third kappa shape index (κ3) is 12.0. The monoisotopic (exact) mass is 404 g/mol. The van der Waals surface area contributed by atoms with Crippen LogP contribution in [-0.2, 0) is 28.6 Å². The van der Waals surface area contributed by atoms with Gasteiger partial charge in [0.2, 0.25) is 0 Å². The Labute approximate surface area is 145 Å². The Balaban J connectivity index is 4.30. The minimum absolute atomic E-state index is 0.139. The summed E-state index contributed by atoms with van der Waals surface area (Å²) in [6, 6.07) is 0.736. The molecule has 0 aliphatic heterocycles. The summed E-state index contributed by atoms with van der Waals surface area (Å²) in [5, 5.41) is 0. The molecule has 0 aliphatic carbocycles. The Morgan fingerprint density at radius 1 is 1.12 bits per heavy atom. The van der Waals surface area contributed by atoms with Gasteiger partial charge in [0.1, 0.15) is 0 Å². The predicted molar refractivity (Wildman–Crippen MR) is 95.3 cm³/mol. The van der Waals surface area contributed by atoms with Gasteiger partial charge >= 0.3 is 23.9 Å². The van der Waals surface area contributed by atoms with E-state index >= 15 is 0 Å². The normalized spacial score (nSPS) is 12.9. The standard InChI is InChI=1S/C12H29N2O7PSSi/c1-6-20-22(16,21-7-2)10-8-13-23(17,18)14-12(15)19-9-11-24(3,4)5/h13H,6-11H2,1-5H3,(H,14,15). The fraction of sp³-hybridized carbons (Fsp3) is 0.917. The average Bonchev–Trinajstić information content (AvgIpc) is 2.36. The Bertz CT molecular complexity index is 526.